The van der Waals surface area contributed by atoms with E-state index in [1.54, 1.807) is 24.5 Å². The molecule has 3 amide bonds. The van der Waals surface area contributed by atoms with Crippen LogP contribution in [0.1, 0.15) is 16.9 Å². The van der Waals surface area contributed by atoms with E-state index in [1.165, 1.54) is 4.90 Å². The molecule has 0 spiro atoms. The van der Waals surface area contributed by atoms with Crippen molar-refractivity contribution in [3.8, 4) is 0 Å². The maximum atomic E-state index is 13.1. The van der Waals surface area contributed by atoms with E-state index in [9.17, 15) is 14.4 Å². The molecule has 0 radical (unpaired) electrons. The third-order valence-corrected chi connectivity index (χ3v) is 7.57. The molecule has 10 heteroatoms. The molecule has 4 aromatic rings. The van der Waals surface area contributed by atoms with Gasteiger partial charge in [0.15, 0.2) is 0 Å². The van der Waals surface area contributed by atoms with Gasteiger partial charge in [0.25, 0.3) is 11.1 Å². The smallest absolute Gasteiger partial charge is 0.293 e. The normalized spacial score (nSPS) is 14.8. The van der Waals surface area contributed by atoms with E-state index < -0.39 is 0 Å². The first-order valence-corrected chi connectivity index (χ1v) is 13.3. The van der Waals surface area contributed by atoms with Gasteiger partial charge < -0.3 is 14.3 Å². The number of nitrogens with one attached hydrogen (secondary N) is 1. The summed E-state index contributed by atoms with van der Waals surface area (Å²) in [7, 11) is 0. The number of hydrogen-bond acceptors (Lipinski definition) is 5. The van der Waals surface area contributed by atoms with Crippen LogP contribution in [0.25, 0.3) is 17.0 Å². The molecule has 0 saturated carbocycles. The summed E-state index contributed by atoms with van der Waals surface area (Å²) >= 11 is 7.81. The summed E-state index contributed by atoms with van der Waals surface area (Å²) < 4.78 is 8.89. The lowest BCUT2D eigenvalue weighted by atomic mass is 10.1. The SMILES string of the molecule is O=C(Cn1cc(/C=C2\SC(=O)N(Cc3ccc(Br)cc3)C2=O)c2cc(Br)ccc21)NCc1ccco1. The Morgan fingerprint density at radius 2 is 1.83 bits per heavy atom. The Balaban J connectivity index is 1.39. The Morgan fingerprint density at radius 3 is 2.58 bits per heavy atom. The summed E-state index contributed by atoms with van der Waals surface area (Å²) in [6.45, 7) is 0.602. The number of thioether (sulfide) groups is 1. The first-order valence-electron chi connectivity index (χ1n) is 10.9. The van der Waals surface area contributed by atoms with Gasteiger partial charge in [-0.15, -0.1) is 0 Å². The van der Waals surface area contributed by atoms with Crippen LogP contribution < -0.4 is 5.32 Å². The number of amides is 3. The van der Waals surface area contributed by atoms with Gasteiger partial charge in [-0.05, 0) is 65.9 Å². The minimum Gasteiger partial charge on any atom is -0.467 e. The predicted molar refractivity (Wildman–Crippen MR) is 146 cm³/mol. The fraction of sp³-hybridized carbons (Fsp3) is 0.115. The van der Waals surface area contributed by atoms with Crippen molar-refractivity contribution >= 4 is 77.7 Å². The van der Waals surface area contributed by atoms with Gasteiger partial charge in [-0.25, -0.2) is 0 Å². The molecular formula is C26H19Br2N3O4S. The lowest BCUT2D eigenvalue weighted by Crippen LogP contribution is -2.27. The van der Waals surface area contributed by atoms with E-state index >= 15 is 0 Å². The first-order chi connectivity index (χ1) is 17.4. The molecule has 2 aromatic heterocycles. The quantitative estimate of drug-likeness (QED) is 0.242. The Morgan fingerprint density at radius 1 is 1.06 bits per heavy atom. The van der Waals surface area contributed by atoms with Crippen LogP contribution in [0.2, 0.25) is 0 Å². The average Bonchev–Trinajstić information content (AvgIpc) is 3.55. The van der Waals surface area contributed by atoms with Gasteiger partial charge in [0, 0.05) is 31.6 Å². The lowest BCUT2D eigenvalue weighted by Gasteiger charge is -2.12. The molecule has 0 unspecified atom stereocenters. The summed E-state index contributed by atoms with van der Waals surface area (Å²) in [5.41, 5.74) is 2.45. The van der Waals surface area contributed by atoms with Crippen LogP contribution in [0, 0.1) is 0 Å². The second-order valence-electron chi connectivity index (χ2n) is 8.12. The zero-order valence-corrected chi connectivity index (χ0v) is 22.7. The Labute approximate surface area is 227 Å². The van der Waals surface area contributed by atoms with E-state index in [1.807, 2.05) is 53.2 Å². The first kappa shape index (κ1) is 24.6. The molecule has 3 heterocycles. The van der Waals surface area contributed by atoms with E-state index in [4.69, 9.17) is 4.42 Å². The van der Waals surface area contributed by atoms with Crippen molar-refractivity contribution < 1.29 is 18.8 Å². The van der Waals surface area contributed by atoms with Crippen LogP contribution in [-0.4, -0.2) is 26.5 Å². The number of hydrogen-bond donors (Lipinski definition) is 1. The maximum absolute atomic E-state index is 13.1. The second kappa shape index (κ2) is 10.5. The maximum Gasteiger partial charge on any atom is 0.293 e. The zero-order chi connectivity index (χ0) is 25.2. The number of carbonyl (C=O) groups excluding carboxylic acids is 3. The standard InChI is InChI=1S/C26H19Br2N3O4S/c27-18-5-3-16(4-6-18)13-31-25(33)23(36-26(31)34)10-17-14-30(22-8-7-19(28)11-21(17)22)15-24(32)29-12-20-2-1-9-35-20/h1-11,14H,12-13,15H2,(H,29,32)/b23-10-. The summed E-state index contributed by atoms with van der Waals surface area (Å²) in [4.78, 5) is 39.9. The highest BCUT2D eigenvalue weighted by atomic mass is 79.9. The summed E-state index contributed by atoms with van der Waals surface area (Å²) in [6.07, 6.45) is 5.11. The molecule has 5 rings (SSSR count). The number of benzene rings is 2. The van der Waals surface area contributed by atoms with Gasteiger partial charge in [-0.1, -0.05) is 44.0 Å². The Hall–Kier alpha value is -3.08. The third-order valence-electron chi connectivity index (χ3n) is 5.64. The van der Waals surface area contributed by atoms with Gasteiger partial charge >= 0.3 is 0 Å². The van der Waals surface area contributed by atoms with Crippen molar-refractivity contribution in [1.29, 1.82) is 0 Å². The Kier molecular flexibility index (Phi) is 7.17. The molecule has 1 N–H and O–H groups in total. The molecule has 0 atom stereocenters. The largest absolute Gasteiger partial charge is 0.467 e. The van der Waals surface area contributed by atoms with Gasteiger partial charge in [0.05, 0.1) is 24.3 Å². The van der Waals surface area contributed by atoms with Crippen LogP contribution in [0.4, 0.5) is 4.79 Å². The fourth-order valence-corrected chi connectivity index (χ4v) is 5.36. The van der Waals surface area contributed by atoms with E-state index in [2.05, 4.69) is 37.2 Å². The van der Waals surface area contributed by atoms with E-state index in [0.717, 1.165) is 42.7 Å². The van der Waals surface area contributed by atoms with Crippen molar-refractivity contribution in [3.05, 3.63) is 97.8 Å². The van der Waals surface area contributed by atoms with E-state index in [0.29, 0.717) is 17.2 Å². The van der Waals surface area contributed by atoms with Crippen LogP contribution in [-0.2, 0) is 29.2 Å². The topological polar surface area (TPSA) is 84.5 Å². The number of halogens is 2. The molecule has 1 aliphatic rings. The molecule has 0 bridgehead atoms. The van der Waals surface area contributed by atoms with Crippen molar-refractivity contribution in [2.24, 2.45) is 0 Å². The van der Waals surface area contributed by atoms with Crippen LogP contribution in [0.5, 0.6) is 0 Å². The summed E-state index contributed by atoms with van der Waals surface area (Å²) in [5.74, 6) is 0.164. The van der Waals surface area contributed by atoms with Gasteiger partial charge in [0.1, 0.15) is 12.3 Å². The monoisotopic (exact) mass is 627 g/mol. The fourth-order valence-electron chi connectivity index (χ4n) is 3.90. The molecule has 1 fully saturated rings. The van der Waals surface area contributed by atoms with Crippen molar-refractivity contribution in [1.82, 2.24) is 14.8 Å². The van der Waals surface area contributed by atoms with E-state index in [-0.39, 0.29) is 30.1 Å². The molecule has 182 valence electrons. The second-order valence-corrected chi connectivity index (χ2v) is 10.9. The highest BCUT2D eigenvalue weighted by Crippen LogP contribution is 2.35. The predicted octanol–water partition coefficient (Wildman–Crippen LogP) is 6.31. The van der Waals surface area contributed by atoms with Crippen LogP contribution >= 0.6 is 43.6 Å². The number of carbonyl (C=O) groups is 3. The summed E-state index contributed by atoms with van der Waals surface area (Å²) in [6, 6.07) is 16.8. The number of furan rings is 1. The van der Waals surface area contributed by atoms with Crippen molar-refractivity contribution in [2.75, 3.05) is 0 Å². The number of aromatic nitrogens is 1. The zero-order valence-electron chi connectivity index (χ0n) is 18.7. The molecule has 1 aliphatic heterocycles. The molecular weight excluding hydrogens is 610 g/mol. The molecule has 0 aliphatic carbocycles. The molecule has 2 aromatic carbocycles. The highest BCUT2D eigenvalue weighted by Gasteiger charge is 2.35. The minimum atomic E-state index is -0.333. The van der Waals surface area contributed by atoms with Gasteiger partial charge in [-0.3, -0.25) is 19.3 Å². The summed E-state index contributed by atoms with van der Waals surface area (Å²) in [5, 5.41) is 3.40. The molecule has 1 saturated heterocycles. The minimum absolute atomic E-state index is 0.0950. The number of nitrogens with zero attached hydrogens (tertiary/aromatic N) is 2. The number of rotatable bonds is 7. The average molecular weight is 629 g/mol. The molecule has 36 heavy (non-hydrogen) atoms. The van der Waals surface area contributed by atoms with Crippen LogP contribution in [0.3, 0.4) is 0 Å². The van der Waals surface area contributed by atoms with Crippen molar-refractivity contribution in [3.63, 3.8) is 0 Å². The third kappa shape index (κ3) is 5.35. The highest BCUT2D eigenvalue weighted by molar-refractivity contribution is 9.10. The van der Waals surface area contributed by atoms with Crippen LogP contribution in [0.15, 0.2) is 85.3 Å². The van der Waals surface area contributed by atoms with Crippen molar-refractivity contribution in [2.45, 2.75) is 19.6 Å². The number of imide groups is 1. The number of fused-ring (bicyclic) bond motifs is 1. The lowest BCUT2D eigenvalue weighted by molar-refractivity contribution is -0.123. The molecule has 7 nitrogen and oxygen atoms in total. The van der Waals surface area contributed by atoms with Gasteiger partial charge in [-0.2, -0.15) is 0 Å². The Bertz CT molecular complexity index is 1490. The van der Waals surface area contributed by atoms with Gasteiger partial charge in [0.2, 0.25) is 5.91 Å².